The highest BCUT2D eigenvalue weighted by Crippen LogP contribution is 2.28. The Labute approximate surface area is 54.0 Å². The zero-order valence-corrected chi connectivity index (χ0v) is 5.34. The summed E-state index contributed by atoms with van der Waals surface area (Å²) in [5.74, 6) is 0. The fourth-order valence-electron chi connectivity index (χ4n) is 1.21. The maximum atomic E-state index is 9.98. The molecule has 0 heterocycles. The quantitative estimate of drug-likeness (QED) is 0.544. The molecule has 0 aromatic heterocycles. The van der Waals surface area contributed by atoms with Gasteiger partial charge >= 0.3 is 0 Å². The third-order valence-corrected chi connectivity index (χ3v) is 1.82. The van der Waals surface area contributed by atoms with Crippen molar-refractivity contribution in [1.82, 2.24) is 0 Å². The second-order valence-electron chi connectivity index (χ2n) is 2.63. The van der Waals surface area contributed by atoms with E-state index in [2.05, 4.69) is 5.18 Å². The molecule has 0 radical (unpaired) electrons. The molecule has 9 heavy (non-hydrogen) atoms. The summed E-state index contributed by atoms with van der Waals surface area (Å²) in [6.45, 7) is 0. The molecule has 0 aromatic carbocycles. The normalized spacial score (nSPS) is 25.4. The van der Waals surface area contributed by atoms with Crippen LogP contribution in [0, 0.1) is 4.91 Å². The molecular formula is C6H11NO2. The Kier molecular flexibility index (Phi) is 1.81. The summed E-state index contributed by atoms with van der Waals surface area (Å²) >= 11 is 0. The maximum Gasteiger partial charge on any atom is 0.197 e. The summed E-state index contributed by atoms with van der Waals surface area (Å²) in [5.41, 5.74) is -1.21. The van der Waals surface area contributed by atoms with Crippen LogP contribution in [-0.2, 0) is 0 Å². The van der Waals surface area contributed by atoms with E-state index in [1.54, 1.807) is 0 Å². The van der Waals surface area contributed by atoms with Crippen LogP contribution < -0.4 is 0 Å². The first-order chi connectivity index (χ1) is 4.27. The van der Waals surface area contributed by atoms with Crippen LogP contribution in [0.1, 0.15) is 32.1 Å². The topological polar surface area (TPSA) is 49.7 Å². The van der Waals surface area contributed by atoms with Crippen LogP contribution in [0.15, 0.2) is 5.18 Å². The first kappa shape index (κ1) is 6.68. The molecule has 1 aliphatic rings. The van der Waals surface area contributed by atoms with Gasteiger partial charge in [-0.1, -0.05) is 6.42 Å². The number of hydrogen-bond acceptors (Lipinski definition) is 3. The third kappa shape index (κ3) is 1.48. The molecule has 0 saturated heterocycles. The fraction of sp³-hybridized carbons (Fsp3) is 1.00. The van der Waals surface area contributed by atoms with Crippen LogP contribution in [-0.4, -0.2) is 10.8 Å². The molecule has 1 rings (SSSR count). The number of nitrogens with zero attached hydrogens (tertiary/aromatic N) is 1. The second-order valence-corrected chi connectivity index (χ2v) is 2.63. The summed E-state index contributed by atoms with van der Waals surface area (Å²) in [5, 5.41) is 11.9. The van der Waals surface area contributed by atoms with Crippen molar-refractivity contribution in [1.29, 1.82) is 0 Å². The van der Waals surface area contributed by atoms with Gasteiger partial charge in [0.1, 0.15) is 0 Å². The molecule has 0 atom stereocenters. The molecule has 1 N–H and O–H groups in total. The second kappa shape index (κ2) is 2.43. The molecule has 3 nitrogen and oxygen atoms in total. The largest absolute Gasteiger partial charge is 0.366 e. The summed E-state index contributed by atoms with van der Waals surface area (Å²) in [6.07, 6.45) is 4.09. The van der Waals surface area contributed by atoms with Crippen molar-refractivity contribution < 1.29 is 5.11 Å². The average Bonchev–Trinajstić information content (AvgIpc) is 1.90. The zero-order chi connectivity index (χ0) is 6.74. The first-order valence-electron chi connectivity index (χ1n) is 3.34. The highest BCUT2D eigenvalue weighted by molar-refractivity contribution is 4.78. The lowest BCUT2D eigenvalue weighted by atomic mass is 9.93. The molecule has 1 fully saturated rings. The van der Waals surface area contributed by atoms with E-state index in [1.165, 1.54) is 0 Å². The highest BCUT2D eigenvalue weighted by Gasteiger charge is 2.29. The van der Waals surface area contributed by atoms with E-state index in [0.29, 0.717) is 12.8 Å². The predicted octanol–water partition coefficient (Wildman–Crippen LogP) is 1.41. The monoisotopic (exact) mass is 129 g/mol. The van der Waals surface area contributed by atoms with Crippen LogP contribution in [0.5, 0.6) is 0 Å². The molecule has 1 aliphatic carbocycles. The van der Waals surface area contributed by atoms with E-state index >= 15 is 0 Å². The molecule has 3 heteroatoms. The average molecular weight is 129 g/mol. The van der Waals surface area contributed by atoms with E-state index in [1.807, 2.05) is 0 Å². The minimum Gasteiger partial charge on any atom is -0.366 e. The van der Waals surface area contributed by atoms with Gasteiger partial charge in [-0.25, -0.2) is 0 Å². The smallest absolute Gasteiger partial charge is 0.197 e. The number of nitroso groups, excluding NO2 is 1. The van der Waals surface area contributed by atoms with Gasteiger partial charge < -0.3 is 5.11 Å². The molecule has 0 bridgehead atoms. The SMILES string of the molecule is O=NC1(O)CCCCC1. The Morgan fingerprint density at radius 2 is 1.78 bits per heavy atom. The summed E-state index contributed by atoms with van der Waals surface area (Å²) < 4.78 is 0. The van der Waals surface area contributed by atoms with Crippen LogP contribution >= 0.6 is 0 Å². The van der Waals surface area contributed by atoms with Crippen LogP contribution in [0.3, 0.4) is 0 Å². The zero-order valence-electron chi connectivity index (χ0n) is 5.34. The van der Waals surface area contributed by atoms with Crippen molar-refractivity contribution in [3.8, 4) is 0 Å². The molecule has 0 aromatic rings. The molecule has 1 saturated carbocycles. The third-order valence-electron chi connectivity index (χ3n) is 1.82. The molecule has 0 spiro atoms. The lowest BCUT2D eigenvalue weighted by Gasteiger charge is -2.23. The van der Waals surface area contributed by atoms with Crippen molar-refractivity contribution >= 4 is 0 Å². The lowest BCUT2D eigenvalue weighted by molar-refractivity contribution is 0.0112. The van der Waals surface area contributed by atoms with Gasteiger partial charge in [0.25, 0.3) is 0 Å². The minimum atomic E-state index is -1.21. The van der Waals surface area contributed by atoms with Crippen LogP contribution in [0.25, 0.3) is 0 Å². The highest BCUT2D eigenvalue weighted by atomic mass is 16.4. The standard InChI is InChI=1S/C6H11NO2/c8-6(7-9)4-2-1-3-5-6/h8H,1-5H2. The minimum absolute atomic E-state index is 0.552. The van der Waals surface area contributed by atoms with Gasteiger partial charge in [0, 0.05) is 12.8 Å². The van der Waals surface area contributed by atoms with E-state index in [9.17, 15) is 10.0 Å². The van der Waals surface area contributed by atoms with Crippen molar-refractivity contribution in [2.75, 3.05) is 0 Å². The lowest BCUT2D eigenvalue weighted by Crippen LogP contribution is -2.27. The number of rotatable bonds is 1. The Balaban J connectivity index is 2.46. The van der Waals surface area contributed by atoms with Gasteiger partial charge in [-0.15, -0.1) is 4.91 Å². The Bertz CT molecular complexity index is 108. The van der Waals surface area contributed by atoms with Gasteiger partial charge in [0.05, 0.1) is 0 Å². The van der Waals surface area contributed by atoms with Gasteiger partial charge in [0.2, 0.25) is 0 Å². The van der Waals surface area contributed by atoms with Gasteiger partial charge in [-0.3, -0.25) is 0 Å². The predicted molar refractivity (Wildman–Crippen MR) is 33.8 cm³/mol. The molecule has 0 aliphatic heterocycles. The summed E-state index contributed by atoms with van der Waals surface area (Å²) in [4.78, 5) is 9.98. The molecule has 0 amide bonds. The first-order valence-corrected chi connectivity index (χ1v) is 3.34. The molecular weight excluding hydrogens is 118 g/mol. The van der Waals surface area contributed by atoms with Crippen molar-refractivity contribution in [3.05, 3.63) is 4.91 Å². The number of aliphatic hydroxyl groups is 1. The fourth-order valence-corrected chi connectivity index (χ4v) is 1.21. The van der Waals surface area contributed by atoms with E-state index < -0.39 is 5.72 Å². The molecule has 0 unspecified atom stereocenters. The van der Waals surface area contributed by atoms with E-state index in [4.69, 9.17) is 0 Å². The van der Waals surface area contributed by atoms with Crippen LogP contribution in [0.2, 0.25) is 0 Å². The Morgan fingerprint density at radius 1 is 1.22 bits per heavy atom. The van der Waals surface area contributed by atoms with Crippen molar-refractivity contribution in [2.45, 2.75) is 37.8 Å². The maximum absolute atomic E-state index is 9.98. The van der Waals surface area contributed by atoms with E-state index in [-0.39, 0.29) is 0 Å². The van der Waals surface area contributed by atoms with Crippen molar-refractivity contribution in [3.63, 3.8) is 0 Å². The van der Waals surface area contributed by atoms with E-state index in [0.717, 1.165) is 19.3 Å². The summed E-state index contributed by atoms with van der Waals surface area (Å²) in [6, 6.07) is 0. The Hall–Kier alpha value is -0.440. The molecule has 52 valence electrons. The summed E-state index contributed by atoms with van der Waals surface area (Å²) in [7, 11) is 0. The van der Waals surface area contributed by atoms with Gasteiger partial charge in [0.15, 0.2) is 5.72 Å². The van der Waals surface area contributed by atoms with Crippen LogP contribution in [0.4, 0.5) is 0 Å². The number of hydrogen-bond donors (Lipinski definition) is 1. The van der Waals surface area contributed by atoms with Gasteiger partial charge in [-0.2, -0.15) is 0 Å². The van der Waals surface area contributed by atoms with Crippen molar-refractivity contribution in [2.24, 2.45) is 5.18 Å². The Morgan fingerprint density at radius 3 is 2.11 bits per heavy atom. The van der Waals surface area contributed by atoms with Gasteiger partial charge in [-0.05, 0) is 18.0 Å².